The van der Waals surface area contributed by atoms with E-state index < -0.39 is 0 Å². The molecule has 9 aromatic carbocycles. The topological polar surface area (TPSA) is 34.2 Å². The van der Waals surface area contributed by atoms with E-state index in [1.54, 1.807) is 0 Å². The number of imidazole rings is 1. The Kier molecular flexibility index (Phi) is 7.36. The first-order chi connectivity index (χ1) is 30.2. The van der Waals surface area contributed by atoms with Gasteiger partial charge in [0.05, 0.1) is 17.2 Å². The van der Waals surface area contributed by atoms with Gasteiger partial charge in [-0.3, -0.25) is 0 Å². The first kappa shape index (κ1) is 33.9. The zero-order chi connectivity index (χ0) is 40.0. The molecule has 11 aromatic rings. The van der Waals surface area contributed by atoms with Crippen LogP contribution in [-0.2, 0) is 0 Å². The maximum atomic E-state index is 6.82. The lowest BCUT2D eigenvalue weighted by molar-refractivity contribution is -0.567. The predicted octanol–water partition coefficient (Wildman–Crippen LogP) is 13.6. The van der Waals surface area contributed by atoms with E-state index in [0.717, 1.165) is 56.3 Å². The fourth-order valence-electron chi connectivity index (χ4n) is 10.1. The number of aromatic nitrogens is 3. The van der Waals surface area contributed by atoms with Crippen molar-refractivity contribution in [3.8, 4) is 22.9 Å². The van der Waals surface area contributed by atoms with Crippen LogP contribution in [-0.4, -0.2) is 15.6 Å². The average Bonchev–Trinajstić information content (AvgIpc) is 3.87. The van der Waals surface area contributed by atoms with Gasteiger partial charge in [0, 0.05) is 34.2 Å². The SMILES string of the molecule is C1=CC2c3ccc(Oc4cccc(-n5c[n+](-c6ccccc6)c6ccccc65)c4)cc3N(c3nc4ccc5ccccc5c4c4c3ccc3ccc5ccccc5c34)C2C=C1. The van der Waals surface area contributed by atoms with Crippen LogP contribution < -0.4 is 14.2 Å². The van der Waals surface area contributed by atoms with Crippen LogP contribution in [0, 0.1) is 0 Å². The maximum Gasteiger partial charge on any atom is 0.255 e. The molecule has 1 aliphatic carbocycles. The number of pyridine rings is 1. The minimum atomic E-state index is 0.0498. The third kappa shape index (κ3) is 5.20. The van der Waals surface area contributed by atoms with Crippen molar-refractivity contribution < 1.29 is 9.30 Å². The van der Waals surface area contributed by atoms with Gasteiger partial charge in [-0.25, -0.2) is 4.98 Å². The Morgan fingerprint density at radius 1 is 0.525 bits per heavy atom. The molecule has 2 aliphatic rings. The fourth-order valence-corrected chi connectivity index (χ4v) is 10.1. The summed E-state index contributed by atoms with van der Waals surface area (Å²) in [6, 6.07) is 65.0. The van der Waals surface area contributed by atoms with Crippen molar-refractivity contribution in [2.45, 2.75) is 12.0 Å². The Bertz CT molecular complexity index is 3610. The largest absolute Gasteiger partial charge is 0.457 e. The molecular formula is C56H37N4O+. The van der Waals surface area contributed by atoms with Crippen LogP contribution in [0.3, 0.4) is 0 Å². The highest BCUT2D eigenvalue weighted by Crippen LogP contribution is 2.52. The minimum absolute atomic E-state index is 0.0498. The van der Waals surface area contributed by atoms with Gasteiger partial charge in [-0.1, -0.05) is 140 Å². The number of para-hydroxylation sites is 3. The van der Waals surface area contributed by atoms with Crippen LogP contribution in [0.5, 0.6) is 11.5 Å². The van der Waals surface area contributed by atoms with Gasteiger partial charge in [-0.05, 0) is 92.5 Å². The summed E-state index contributed by atoms with van der Waals surface area (Å²) < 4.78 is 11.3. The van der Waals surface area contributed by atoms with E-state index in [9.17, 15) is 0 Å². The van der Waals surface area contributed by atoms with Crippen molar-refractivity contribution in [2.24, 2.45) is 0 Å². The van der Waals surface area contributed by atoms with Crippen LogP contribution in [0.4, 0.5) is 11.5 Å². The normalized spacial score (nSPS) is 15.7. The summed E-state index contributed by atoms with van der Waals surface area (Å²) in [6.07, 6.45) is 11.2. The van der Waals surface area contributed by atoms with Crippen molar-refractivity contribution in [1.82, 2.24) is 9.55 Å². The monoisotopic (exact) mass is 781 g/mol. The third-order valence-electron chi connectivity index (χ3n) is 12.8. The Hall–Kier alpha value is -8.02. The fraction of sp³-hybridized carbons (Fsp3) is 0.0357. The minimum Gasteiger partial charge on any atom is -0.457 e. The van der Waals surface area contributed by atoms with Gasteiger partial charge in [-0.2, -0.15) is 9.13 Å². The van der Waals surface area contributed by atoms with Crippen molar-refractivity contribution in [3.05, 3.63) is 218 Å². The van der Waals surface area contributed by atoms with Crippen LogP contribution >= 0.6 is 0 Å². The van der Waals surface area contributed by atoms with E-state index in [2.05, 4.69) is 221 Å². The number of ether oxygens (including phenoxy) is 1. The first-order valence-corrected chi connectivity index (χ1v) is 20.9. The quantitative estimate of drug-likeness (QED) is 0.129. The van der Waals surface area contributed by atoms with Crippen LogP contribution in [0.25, 0.3) is 76.4 Å². The van der Waals surface area contributed by atoms with Crippen molar-refractivity contribution >= 4 is 76.5 Å². The zero-order valence-electron chi connectivity index (χ0n) is 33.1. The van der Waals surface area contributed by atoms with Gasteiger partial charge < -0.3 is 9.64 Å². The Morgan fingerprint density at radius 2 is 1.25 bits per heavy atom. The lowest BCUT2D eigenvalue weighted by Crippen LogP contribution is -2.29. The summed E-state index contributed by atoms with van der Waals surface area (Å²) in [5, 5.41) is 10.9. The molecule has 286 valence electrons. The van der Waals surface area contributed by atoms with Crippen LogP contribution in [0.15, 0.2) is 213 Å². The molecule has 61 heavy (non-hydrogen) atoms. The van der Waals surface area contributed by atoms with Crippen LogP contribution in [0.2, 0.25) is 0 Å². The van der Waals surface area contributed by atoms with Crippen molar-refractivity contribution in [1.29, 1.82) is 0 Å². The molecule has 0 spiro atoms. The molecule has 2 atom stereocenters. The summed E-state index contributed by atoms with van der Waals surface area (Å²) >= 11 is 0. The molecule has 3 heterocycles. The van der Waals surface area contributed by atoms with Gasteiger partial charge in [-0.15, -0.1) is 0 Å². The summed E-state index contributed by atoms with van der Waals surface area (Å²) in [7, 11) is 0. The summed E-state index contributed by atoms with van der Waals surface area (Å²) in [5.41, 5.74) is 7.73. The molecule has 0 saturated heterocycles. The summed E-state index contributed by atoms with van der Waals surface area (Å²) in [5.74, 6) is 2.66. The number of hydrogen-bond donors (Lipinski definition) is 0. The number of nitrogens with zero attached hydrogens (tertiary/aromatic N) is 4. The highest BCUT2D eigenvalue weighted by molar-refractivity contribution is 6.33. The number of rotatable bonds is 5. The second-order valence-corrected chi connectivity index (χ2v) is 16.1. The third-order valence-corrected chi connectivity index (χ3v) is 12.8. The molecule has 5 heteroatoms. The van der Waals surface area contributed by atoms with Gasteiger partial charge >= 0.3 is 0 Å². The van der Waals surface area contributed by atoms with E-state index in [-0.39, 0.29) is 12.0 Å². The second kappa shape index (κ2) is 13.2. The number of hydrogen-bond acceptors (Lipinski definition) is 3. The van der Waals surface area contributed by atoms with Crippen LogP contribution in [0.1, 0.15) is 11.5 Å². The van der Waals surface area contributed by atoms with Gasteiger partial charge in [0.1, 0.15) is 28.7 Å². The second-order valence-electron chi connectivity index (χ2n) is 16.1. The van der Waals surface area contributed by atoms with Gasteiger partial charge in [0.15, 0.2) is 11.0 Å². The number of allylic oxidation sites excluding steroid dienone is 2. The molecule has 5 nitrogen and oxygen atoms in total. The molecule has 0 saturated carbocycles. The highest BCUT2D eigenvalue weighted by atomic mass is 16.5. The molecule has 0 amide bonds. The predicted molar refractivity (Wildman–Crippen MR) is 250 cm³/mol. The highest BCUT2D eigenvalue weighted by Gasteiger charge is 2.39. The molecule has 13 rings (SSSR count). The maximum absolute atomic E-state index is 6.82. The Labute approximate surface area is 351 Å². The molecule has 1 aliphatic heterocycles. The molecule has 2 unspecified atom stereocenters. The lowest BCUT2D eigenvalue weighted by atomic mass is 9.91. The molecule has 0 radical (unpaired) electrons. The average molecular weight is 782 g/mol. The van der Waals surface area contributed by atoms with Gasteiger partial charge in [0.25, 0.3) is 6.33 Å². The molecule has 0 N–H and O–H groups in total. The van der Waals surface area contributed by atoms with E-state index in [0.29, 0.717) is 0 Å². The lowest BCUT2D eigenvalue weighted by Gasteiger charge is -2.29. The van der Waals surface area contributed by atoms with Crippen molar-refractivity contribution in [3.63, 3.8) is 0 Å². The van der Waals surface area contributed by atoms with Crippen molar-refractivity contribution in [2.75, 3.05) is 4.90 Å². The number of fused-ring (bicyclic) bond motifs is 13. The standard InChI is InChI=1S/C56H37N4O/c1-2-15-39(16-3-1)58-35-59(51-24-11-10-23-50(51)58)40-17-12-18-41(33-40)61-42-29-31-46-45-21-8-9-22-49(45)60(52(46)34-42)56-47-30-27-38-26-25-36-13-4-6-19-43(36)53(38)55(47)54-44-20-7-5-14-37(44)28-32-48(54)57-56/h1-35,45,49H/q+1. The molecular weight excluding hydrogens is 745 g/mol. The van der Waals surface area contributed by atoms with E-state index >= 15 is 0 Å². The van der Waals surface area contributed by atoms with E-state index in [1.165, 1.54) is 48.7 Å². The molecule has 0 fully saturated rings. The van der Waals surface area contributed by atoms with Gasteiger partial charge in [0.2, 0.25) is 0 Å². The van der Waals surface area contributed by atoms with E-state index in [4.69, 9.17) is 9.72 Å². The number of benzene rings is 9. The summed E-state index contributed by atoms with van der Waals surface area (Å²) in [4.78, 5) is 8.11. The molecule has 0 bridgehead atoms. The smallest absolute Gasteiger partial charge is 0.255 e. The Morgan fingerprint density at radius 3 is 2.13 bits per heavy atom. The van der Waals surface area contributed by atoms with E-state index in [1.807, 2.05) is 6.07 Å². The number of anilines is 2. The summed E-state index contributed by atoms with van der Waals surface area (Å²) in [6.45, 7) is 0. The first-order valence-electron chi connectivity index (χ1n) is 20.9. The Balaban J connectivity index is 0.980. The molecule has 2 aromatic heterocycles. The zero-order valence-corrected chi connectivity index (χ0v) is 33.1.